The second-order valence-electron chi connectivity index (χ2n) is 4.26. The van der Waals surface area contributed by atoms with Crippen molar-refractivity contribution in [1.29, 1.82) is 0 Å². The van der Waals surface area contributed by atoms with Gasteiger partial charge in [0.2, 0.25) is 5.91 Å². The quantitative estimate of drug-likeness (QED) is 0.705. The molecular weight excluding hydrogens is 262 g/mol. The molecule has 19 heavy (non-hydrogen) atoms. The largest absolute Gasteiger partial charge is 0.385 e. The van der Waals surface area contributed by atoms with Gasteiger partial charge < -0.3 is 10.1 Å². The van der Waals surface area contributed by atoms with Crippen LogP contribution in [0.2, 0.25) is 0 Å². The number of thiazole rings is 1. The Hall–Kier alpha value is -0.980. The topological polar surface area (TPSA) is 54.5 Å². The number of methoxy groups -OCH3 is 1. The van der Waals surface area contributed by atoms with Crippen LogP contribution in [0.5, 0.6) is 0 Å². The summed E-state index contributed by atoms with van der Waals surface area (Å²) in [6.45, 7) is 6.70. The number of rotatable bonds is 9. The molecule has 0 spiro atoms. The number of nitrogens with zero attached hydrogens (tertiary/aromatic N) is 2. The first kappa shape index (κ1) is 16.1. The van der Waals surface area contributed by atoms with Gasteiger partial charge in [0.25, 0.3) is 0 Å². The van der Waals surface area contributed by atoms with Crippen molar-refractivity contribution >= 4 is 22.4 Å². The zero-order valence-electron chi connectivity index (χ0n) is 11.9. The molecule has 0 aromatic carbocycles. The Labute approximate surface area is 119 Å². The fourth-order valence-electron chi connectivity index (χ4n) is 1.71. The van der Waals surface area contributed by atoms with Crippen LogP contribution in [0.1, 0.15) is 32.4 Å². The summed E-state index contributed by atoms with van der Waals surface area (Å²) in [5.74, 6) is 0.0379. The molecule has 6 heteroatoms. The van der Waals surface area contributed by atoms with Crippen molar-refractivity contribution in [2.75, 3.05) is 31.7 Å². The lowest BCUT2D eigenvalue weighted by Crippen LogP contribution is -2.27. The third kappa shape index (κ3) is 5.67. The van der Waals surface area contributed by atoms with Crippen molar-refractivity contribution in [1.82, 2.24) is 10.3 Å². The Bertz CT molecular complexity index is 382. The molecule has 0 saturated heterocycles. The van der Waals surface area contributed by atoms with Gasteiger partial charge >= 0.3 is 0 Å². The van der Waals surface area contributed by atoms with Crippen LogP contribution in [-0.2, 0) is 16.1 Å². The third-order valence-corrected chi connectivity index (χ3v) is 3.64. The number of anilines is 1. The molecule has 108 valence electrons. The number of ether oxygens (including phenoxy) is 1. The van der Waals surface area contributed by atoms with Gasteiger partial charge in [-0.3, -0.25) is 9.69 Å². The SMILES string of the molecule is CCN(C(C)=O)c1nc(CNCCCCOC)cs1. The zero-order chi connectivity index (χ0) is 14.1. The maximum atomic E-state index is 11.4. The van der Waals surface area contributed by atoms with Crippen LogP contribution < -0.4 is 10.2 Å². The molecule has 1 aromatic rings. The number of aromatic nitrogens is 1. The highest BCUT2D eigenvalue weighted by atomic mass is 32.1. The van der Waals surface area contributed by atoms with Crippen molar-refractivity contribution < 1.29 is 9.53 Å². The van der Waals surface area contributed by atoms with Crippen LogP contribution in [0.4, 0.5) is 5.13 Å². The Balaban J connectivity index is 2.32. The van der Waals surface area contributed by atoms with E-state index in [4.69, 9.17) is 4.74 Å². The first-order chi connectivity index (χ1) is 9.19. The molecule has 0 bridgehead atoms. The van der Waals surface area contributed by atoms with Gasteiger partial charge in [0.15, 0.2) is 5.13 Å². The number of carbonyl (C=O) groups is 1. The van der Waals surface area contributed by atoms with Crippen molar-refractivity contribution in [3.05, 3.63) is 11.1 Å². The average Bonchev–Trinajstić information content (AvgIpc) is 2.82. The Morgan fingerprint density at radius 1 is 1.53 bits per heavy atom. The second kappa shape index (κ2) is 9.01. The minimum Gasteiger partial charge on any atom is -0.385 e. The summed E-state index contributed by atoms with van der Waals surface area (Å²) in [7, 11) is 1.72. The van der Waals surface area contributed by atoms with Crippen LogP contribution in [0.25, 0.3) is 0 Å². The Morgan fingerprint density at radius 2 is 2.32 bits per heavy atom. The monoisotopic (exact) mass is 285 g/mol. The maximum absolute atomic E-state index is 11.4. The van der Waals surface area contributed by atoms with Gasteiger partial charge in [0.05, 0.1) is 5.69 Å². The van der Waals surface area contributed by atoms with Crippen LogP contribution in [0.3, 0.4) is 0 Å². The molecule has 5 nitrogen and oxygen atoms in total. The summed E-state index contributed by atoms with van der Waals surface area (Å²) in [6, 6.07) is 0. The van der Waals surface area contributed by atoms with E-state index < -0.39 is 0 Å². The fourth-order valence-corrected chi connectivity index (χ4v) is 2.64. The predicted octanol–water partition coefficient (Wildman–Crippen LogP) is 2.03. The first-order valence-corrected chi connectivity index (χ1v) is 7.49. The number of amides is 1. The molecule has 0 radical (unpaired) electrons. The molecule has 0 aliphatic carbocycles. The molecule has 0 saturated carbocycles. The molecule has 0 atom stereocenters. The van der Waals surface area contributed by atoms with Crippen molar-refractivity contribution in [3.8, 4) is 0 Å². The van der Waals surface area contributed by atoms with Gasteiger partial charge in [0.1, 0.15) is 0 Å². The molecule has 0 unspecified atom stereocenters. The Morgan fingerprint density at radius 3 is 2.95 bits per heavy atom. The predicted molar refractivity (Wildman–Crippen MR) is 78.6 cm³/mol. The number of unbranched alkanes of at least 4 members (excludes halogenated alkanes) is 1. The van der Waals surface area contributed by atoms with Gasteiger partial charge in [-0.25, -0.2) is 4.98 Å². The van der Waals surface area contributed by atoms with Crippen LogP contribution in [-0.4, -0.2) is 37.7 Å². The fraction of sp³-hybridized carbons (Fsp3) is 0.692. The Kier molecular flexibility index (Phi) is 7.62. The van der Waals surface area contributed by atoms with Crippen molar-refractivity contribution in [2.24, 2.45) is 0 Å². The van der Waals surface area contributed by atoms with E-state index in [0.29, 0.717) is 6.54 Å². The van der Waals surface area contributed by atoms with E-state index in [2.05, 4.69) is 10.3 Å². The molecule has 1 heterocycles. The number of hydrogen-bond donors (Lipinski definition) is 1. The first-order valence-electron chi connectivity index (χ1n) is 6.61. The molecule has 0 aliphatic heterocycles. The lowest BCUT2D eigenvalue weighted by Gasteiger charge is -2.14. The third-order valence-electron chi connectivity index (χ3n) is 2.72. The lowest BCUT2D eigenvalue weighted by molar-refractivity contribution is -0.116. The summed E-state index contributed by atoms with van der Waals surface area (Å²) >= 11 is 1.52. The summed E-state index contributed by atoms with van der Waals surface area (Å²) in [5.41, 5.74) is 0.992. The standard InChI is InChI=1S/C13H23N3O2S/c1-4-16(11(2)17)13-15-12(10-19-13)9-14-7-5-6-8-18-3/h10,14H,4-9H2,1-3H3. The molecule has 1 aromatic heterocycles. The highest BCUT2D eigenvalue weighted by molar-refractivity contribution is 7.14. The van der Waals surface area contributed by atoms with Crippen LogP contribution >= 0.6 is 11.3 Å². The van der Waals surface area contributed by atoms with Gasteiger partial charge in [-0.05, 0) is 26.3 Å². The highest BCUT2D eigenvalue weighted by Crippen LogP contribution is 2.20. The van der Waals surface area contributed by atoms with Gasteiger partial charge in [0, 0.05) is 39.1 Å². The minimum atomic E-state index is 0.0379. The number of nitrogens with one attached hydrogen (secondary N) is 1. The van der Waals surface area contributed by atoms with E-state index >= 15 is 0 Å². The summed E-state index contributed by atoms with van der Waals surface area (Å²) < 4.78 is 5.00. The smallest absolute Gasteiger partial charge is 0.225 e. The van der Waals surface area contributed by atoms with Crippen molar-refractivity contribution in [2.45, 2.75) is 33.2 Å². The molecule has 0 fully saturated rings. The minimum absolute atomic E-state index is 0.0379. The summed E-state index contributed by atoms with van der Waals surface area (Å²) in [6.07, 6.45) is 2.17. The van der Waals surface area contributed by atoms with Crippen LogP contribution in [0.15, 0.2) is 5.38 Å². The maximum Gasteiger partial charge on any atom is 0.225 e. The summed E-state index contributed by atoms with van der Waals surface area (Å²) in [5, 5.41) is 6.13. The lowest BCUT2D eigenvalue weighted by atomic mass is 10.3. The van der Waals surface area contributed by atoms with E-state index in [-0.39, 0.29) is 5.91 Å². The highest BCUT2D eigenvalue weighted by Gasteiger charge is 2.12. The van der Waals surface area contributed by atoms with Gasteiger partial charge in [-0.15, -0.1) is 11.3 Å². The second-order valence-corrected chi connectivity index (χ2v) is 5.10. The van der Waals surface area contributed by atoms with Gasteiger partial charge in [-0.1, -0.05) is 0 Å². The molecule has 0 aliphatic rings. The van der Waals surface area contributed by atoms with Crippen molar-refractivity contribution in [3.63, 3.8) is 0 Å². The number of carbonyl (C=O) groups excluding carboxylic acids is 1. The van der Waals surface area contributed by atoms with E-state index in [1.807, 2.05) is 12.3 Å². The van der Waals surface area contributed by atoms with E-state index in [0.717, 1.165) is 43.4 Å². The molecule has 1 rings (SSSR count). The average molecular weight is 285 g/mol. The normalized spacial score (nSPS) is 10.7. The van der Waals surface area contributed by atoms with E-state index in [9.17, 15) is 4.79 Å². The molecule has 1 amide bonds. The molecular formula is C13H23N3O2S. The van der Waals surface area contributed by atoms with E-state index in [1.165, 1.54) is 11.3 Å². The van der Waals surface area contributed by atoms with E-state index in [1.54, 1.807) is 18.9 Å². The zero-order valence-corrected chi connectivity index (χ0v) is 12.8. The number of hydrogen-bond acceptors (Lipinski definition) is 5. The van der Waals surface area contributed by atoms with Crippen LogP contribution in [0, 0.1) is 0 Å². The van der Waals surface area contributed by atoms with Gasteiger partial charge in [-0.2, -0.15) is 0 Å². The summed E-state index contributed by atoms with van der Waals surface area (Å²) in [4.78, 5) is 17.6. The molecule has 1 N–H and O–H groups in total.